The zero-order valence-corrected chi connectivity index (χ0v) is 22.1. The minimum Gasteiger partial charge on any atom is -0.399 e. The molecule has 0 spiro atoms. The van der Waals surface area contributed by atoms with Crippen LogP contribution in [0.25, 0.3) is 17.1 Å². The Hall–Kier alpha value is -4.08. The van der Waals surface area contributed by atoms with Gasteiger partial charge in [-0.2, -0.15) is 0 Å². The van der Waals surface area contributed by atoms with Gasteiger partial charge in [-0.05, 0) is 76.5 Å². The second-order valence-corrected chi connectivity index (χ2v) is 10.3. The Morgan fingerprint density at radius 3 is 2.11 bits per heavy atom. The van der Waals surface area contributed by atoms with E-state index in [1.165, 1.54) is 4.57 Å². The molecule has 2 aromatic heterocycles. The highest BCUT2D eigenvalue weighted by Gasteiger charge is 2.51. The zero-order chi connectivity index (χ0) is 27.1. The molecule has 1 aliphatic heterocycles. The molecule has 38 heavy (non-hydrogen) atoms. The topological polar surface area (TPSA) is 95.3 Å². The van der Waals surface area contributed by atoms with E-state index in [1.807, 2.05) is 77.1 Å². The number of amides is 1. The summed E-state index contributed by atoms with van der Waals surface area (Å²) in [6, 6.07) is 19.7. The number of nitrogens with one attached hydrogen (secondary N) is 1. The van der Waals surface area contributed by atoms with E-state index in [0.717, 1.165) is 5.46 Å². The van der Waals surface area contributed by atoms with Gasteiger partial charge < -0.3 is 14.6 Å². The summed E-state index contributed by atoms with van der Waals surface area (Å²) in [6.45, 7) is 9.82. The highest BCUT2D eigenvalue weighted by Crippen LogP contribution is 2.36. The number of carbonyl (C=O) groups is 1. The Morgan fingerprint density at radius 1 is 0.895 bits per heavy atom. The second-order valence-electron chi connectivity index (χ2n) is 10.3. The summed E-state index contributed by atoms with van der Waals surface area (Å²) >= 11 is 0. The van der Waals surface area contributed by atoms with Crippen molar-refractivity contribution in [1.82, 2.24) is 14.5 Å². The maximum Gasteiger partial charge on any atom is 0.494 e. The van der Waals surface area contributed by atoms with Crippen LogP contribution in [0.3, 0.4) is 0 Å². The Labute approximate surface area is 221 Å². The summed E-state index contributed by atoms with van der Waals surface area (Å²) in [5, 5.41) is 2.85. The summed E-state index contributed by atoms with van der Waals surface area (Å²) < 4.78 is 13.7. The van der Waals surface area contributed by atoms with Crippen molar-refractivity contribution in [3.05, 3.63) is 101 Å². The van der Waals surface area contributed by atoms with Crippen molar-refractivity contribution in [3.63, 3.8) is 0 Å². The number of anilines is 1. The molecule has 0 unspecified atom stereocenters. The first-order chi connectivity index (χ1) is 18.1. The minimum atomic E-state index is -0.528. The quantitative estimate of drug-likeness (QED) is 0.407. The van der Waals surface area contributed by atoms with Crippen molar-refractivity contribution in [1.29, 1.82) is 0 Å². The van der Waals surface area contributed by atoms with Crippen LogP contribution in [0.4, 0.5) is 5.69 Å². The average molecular weight is 508 g/mol. The first kappa shape index (κ1) is 25.6. The fourth-order valence-corrected chi connectivity index (χ4v) is 4.32. The van der Waals surface area contributed by atoms with Crippen LogP contribution in [0, 0.1) is 6.92 Å². The molecule has 1 amide bonds. The number of para-hydroxylation sites is 1. The summed E-state index contributed by atoms with van der Waals surface area (Å²) in [5.41, 5.74) is 1.91. The number of aromatic nitrogens is 3. The lowest BCUT2D eigenvalue weighted by Gasteiger charge is -2.32. The van der Waals surface area contributed by atoms with Gasteiger partial charge in [0.1, 0.15) is 5.56 Å². The maximum absolute atomic E-state index is 13.6. The lowest BCUT2D eigenvalue weighted by Crippen LogP contribution is -2.41. The lowest BCUT2D eigenvalue weighted by molar-refractivity contribution is 0.00578. The first-order valence-electron chi connectivity index (χ1n) is 12.4. The van der Waals surface area contributed by atoms with E-state index >= 15 is 0 Å². The molecule has 0 aliphatic carbocycles. The normalized spacial score (nSPS) is 15.9. The van der Waals surface area contributed by atoms with Crippen molar-refractivity contribution < 1.29 is 14.1 Å². The molecule has 8 nitrogen and oxygen atoms in total. The highest BCUT2D eigenvalue weighted by molar-refractivity contribution is 6.62. The number of pyridine rings is 1. The molecule has 9 heteroatoms. The molecule has 3 heterocycles. The van der Waals surface area contributed by atoms with Crippen LogP contribution < -0.4 is 16.3 Å². The van der Waals surface area contributed by atoms with Crippen molar-refractivity contribution >= 4 is 24.2 Å². The maximum atomic E-state index is 13.6. The van der Waals surface area contributed by atoms with Crippen molar-refractivity contribution in [3.8, 4) is 17.1 Å². The second kappa shape index (κ2) is 9.66. The van der Waals surface area contributed by atoms with Crippen molar-refractivity contribution in [2.45, 2.75) is 45.8 Å². The smallest absolute Gasteiger partial charge is 0.399 e. The van der Waals surface area contributed by atoms with Crippen LogP contribution in [0.5, 0.6) is 0 Å². The summed E-state index contributed by atoms with van der Waals surface area (Å²) in [6.07, 6.45) is 3.25. The monoisotopic (exact) mass is 508 g/mol. The Morgan fingerprint density at radius 2 is 1.50 bits per heavy atom. The lowest BCUT2D eigenvalue weighted by atomic mass is 9.79. The molecule has 1 fully saturated rings. The van der Waals surface area contributed by atoms with E-state index in [9.17, 15) is 9.59 Å². The molecule has 1 saturated heterocycles. The van der Waals surface area contributed by atoms with Crippen LogP contribution in [0.1, 0.15) is 43.7 Å². The Bertz CT molecular complexity index is 1520. The predicted molar refractivity (Wildman–Crippen MR) is 148 cm³/mol. The van der Waals surface area contributed by atoms with Gasteiger partial charge in [0.15, 0.2) is 5.82 Å². The number of hydrogen-bond donors (Lipinski definition) is 1. The summed E-state index contributed by atoms with van der Waals surface area (Å²) in [4.78, 5) is 35.7. The molecule has 0 atom stereocenters. The molecule has 0 radical (unpaired) electrons. The number of carbonyl (C=O) groups excluding carboxylic acids is 1. The molecule has 1 N–H and O–H groups in total. The fraction of sp³-hybridized carbons (Fsp3) is 0.241. The Kier molecular flexibility index (Phi) is 6.50. The largest absolute Gasteiger partial charge is 0.494 e. The standard InChI is InChI=1S/C29H29BN4O4/c1-19-23(25-31-16-9-17-32-25)18-24(27(36)34(19)22-10-7-6-8-11-22)26(35)33-21-14-12-20(13-15-21)30-37-28(2,3)29(4,5)38-30/h6-18H,1-5H3,(H,33,35). The molecular formula is C29H29BN4O4. The van der Waals surface area contributed by atoms with Gasteiger partial charge >= 0.3 is 7.12 Å². The average Bonchev–Trinajstić information content (AvgIpc) is 3.12. The van der Waals surface area contributed by atoms with Crippen LogP contribution in [-0.4, -0.2) is 38.8 Å². The van der Waals surface area contributed by atoms with Crippen LogP contribution in [0.15, 0.2) is 83.9 Å². The number of benzene rings is 2. The molecule has 2 aromatic carbocycles. The van der Waals surface area contributed by atoms with E-state index < -0.39 is 29.8 Å². The molecule has 0 saturated carbocycles. The van der Waals surface area contributed by atoms with Crippen LogP contribution in [-0.2, 0) is 9.31 Å². The van der Waals surface area contributed by atoms with Crippen molar-refractivity contribution in [2.75, 3.05) is 5.32 Å². The summed E-state index contributed by atoms with van der Waals surface area (Å²) in [7, 11) is -0.506. The van der Waals surface area contributed by atoms with E-state index in [0.29, 0.717) is 28.5 Å². The zero-order valence-electron chi connectivity index (χ0n) is 22.1. The van der Waals surface area contributed by atoms with Crippen molar-refractivity contribution in [2.24, 2.45) is 0 Å². The third kappa shape index (κ3) is 4.66. The minimum absolute atomic E-state index is 0.0167. The molecule has 1 aliphatic rings. The van der Waals surface area contributed by atoms with Gasteiger partial charge in [-0.15, -0.1) is 0 Å². The van der Waals surface area contributed by atoms with Gasteiger partial charge in [-0.3, -0.25) is 14.2 Å². The molecular weight excluding hydrogens is 479 g/mol. The van der Waals surface area contributed by atoms with Gasteiger partial charge in [-0.25, -0.2) is 9.97 Å². The number of nitrogens with zero attached hydrogens (tertiary/aromatic N) is 3. The Balaban J connectivity index is 1.48. The van der Waals surface area contributed by atoms with Gasteiger partial charge in [0, 0.05) is 35.0 Å². The van der Waals surface area contributed by atoms with Gasteiger partial charge in [0.2, 0.25) is 0 Å². The third-order valence-corrected chi connectivity index (χ3v) is 7.21. The predicted octanol–water partition coefficient (Wildman–Crippen LogP) is 4.15. The summed E-state index contributed by atoms with van der Waals surface area (Å²) in [5.74, 6) is -0.101. The molecule has 0 bridgehead atoms. The van der Waals surface area contributed by atoms with Crippen LogP contribution >= 0.6 is 0 Å². The third-order valence-electron chi connectivity index (χ3n) is 7.21. The van der Waals surface area contributed by atoms with E-state index in [4.69, 9.17) is 9.31 Å². The van der Waals surface area contributed by atoms with E-state index in [2.05, 4.69) is 15.3 Å². The van der Waals surface area contributed by atoms with Gasteiger partial charge in [0.25, 0.3) is 11.5 Å². The highest BCUT2D eigenvalue weighted by atomic mass is 16.7. The van der Waals surface area contributed by atoms with Crippen LogP contribution in [0.2, 0.25) is 0 Å². The van der Waals surface area contributed by atoms with Gasteiger partial charge in [0.05, 0.1) is 11.2 Å². The molecule has 5 rings (SSSR count). The van der Waals surface area contributed by atoms with Gasteiger partial charge in [-0.1, -0.05) is 30.3 Å². The van der Waals surface area contributed by atoms with E-state index in [-0.39, 0.29) is 5.56 Å². The first-order valence-corrected chi connectivity index (χ1v) is 12.4. The number of hydrogen-bond acceptors (Lipinski definition) is 6. The number of rotatable bonds is 5. The molecule has 192 valence electrons. The molecule has 4 aromatic rings. The van der Waals surface area contributed by atoms with E-state index in [1.54, 1.807) is 36.7 Å². The fourth-order valence-electron chi connectivity index (χ4n) is 4.32. The SMILES string of the molecule is Cc1c(-c2ncccn2)cc(C(=O)Nc2ccc(B3OC(C)(C)C(C)(C)O3)cc2)c(=O)n1-c1ccccc1.